The van der Waals surface area contributed by atoms with Crippen molar-refractivity contribution in [3.63, 3.8) is 0 Å². The third-order valence-electron chi connectivity index (χ3n) is 1.79. The first-order valence-corrected chi connectivity index (χ1v) is 5.78. The zero-order valence-electron chi connectivity index (χ0n) is 8.77. The predicted octanol–water partition coefficient (Wildman–Crippen LogP) is 1.51. The van der Waals surface area contributed by atoms with Crippen LogP contribution in [0.5, 0.6) is 0 Å². The van der Waals surface area contributed by atoms with Gasteiger partial charge in [-0.2, -0.15) is 0 Å². The maximum Gasteiger partial charge on any atom is 0.270 e. The number of benzene rings is 1. The summed E-state index contributed by atoms with van der Waals surface area (Å²) in [6.07, 6.45) is 0.372. The fourth-order valence-electron chi connectivity index (χ4n) is 1.03. The Bertz CT molecular complexity index is 410. The van der Waals surface area contributed by atoms with Gasteiger partial charge < -0.3 is 0 Å². The van der Waals surface area contributed by atoms with Crippen LogP contribution in [-0.2, 0) is 20.2 Å². The van der Waals surface area contributed by atoms with Crippen LogP contribution >= 0.6 is 0 Å². The Kier molecular flexibility index (Phi) is 5.70. The highest BCUT2D eigenvalue weighted by molar-refractivity contribution is 7.80. The van der Waals surface area contributed by atoms with Gasteiger partial charge in [-0.1, -0.05) is 6.07 Å². The molecule has 0 spiro atoms. The zero-order chi connectivity index (χ0) is 12.7. The van der Waals surface area contributed by atoms with Crippen molar-refractivity contribution < 1.29 is 23.5 Å². The summed E-state index contributed by atoms with van der Waals surface area (Å²) >= 11 is -1.76. The first-order chi connectivity index (χ1) is 8.15. The van der Waals surface area contributed by atoms with Crippen molar-refractivity contribution in [2.24, 2.45) is 0 Å². The Morgan fingerprint density at radius 1 is 1.41 bits per heavy atom. The van der Waals surface area contributed by atoms with Crippen LogP contribution in [0.3, 0.4) is 0 Å². The molecule has 17 heavy (non-hydrogen) atoms. The molecule has 0 aliphatic rings. The largest absolute Gasteiger partial charge is 0.287 e. The molecule has 0 heterocycles. The highest BCUT2D eigenvalue weighted by atomic mass is 32.2. The van der Waals surface area contributed by atoms with Gasteiger partial charge in [0.2, 0.25) is 0 Å². The lowest BCUT2D eigenvalue weighted by atomic mass is 10.3. The molecule has 0 radical (unpaired) electrons. The topological polar surface area (TPSA) is 98.9 Å². The number of rotatable bonds is 7. The lowest BCUT2D eigenvalue weighted by Gasteiger charge is -2.02. The fourth-order valence-corrected chi connectivity index (χ4v) is 1.84. The third-order valence-corrected chi connectivity index (χ3v) is 2.81. The summed E-state index contributed by atoms with van der Waals surface area (Å²) < 4.78 is 16.5. The number of non-ortho nitro benzene ring substituents is 1. The van der Waals surface area contributed by atoms with Crippen LogP contribution < -0.4 is 0 Å². The molecule has 0 amide bonds. The van der Waals surface area contributed by atoms with E-state index in [0.29, 0.717) is 6.42 Å². The van der Waals surface area contributed by atoms with Crippen LogP contribution in [0.25, 0.3) is 0 Å². The molecule has 0 fully saturated rings. The standard InChI is InChI=1S/C9H11NO6S/c11-10(12)8-3-1-4-9(7-8)17(14)16-6-2-5-15-13/h1,3-4,7,13H,2,5-6H2. The van der Waals surface area contributed by atoms with Crippen LogP contribution in [0, 0.1) is 10.1 Å². The molecule has 1 rings (SSSR count). The van der Waals surface area contributed by atoms with Crippen LogP contribution in [0.15, 0.2) is 29.2 Å². The maximum atomic E-state index is 11.5. The molecule has 1 aromatic carbocycles. The SMILES string of the molecule is O=[N+]([O-])c1cccc(S(=O)OCCCOO)c1. The highest BCUT2D eigenvalue weighted by Gasteiger charge is 2.10. The van der Waals surface area contributed by atoms with E-state index in [1.807, 2.05) is 0 Å². The lowest BCUT2D eigenvalue weighted by molar-refractivity contribution is -0.385. The van der Waals surface area contributed by atoms with E-state index in [1.54, 1.807) is 0 Å². The van der Waals surface area contributed by atoms with Gasteiger partial charge in [0.25, 0.3) is 5.69 Å². The van der Waals surface area contributed by atoms with Crippen molar-refractivity contribution in [1.29, 1.82) is 0 Å². The summed E-state index contributed by atoms with van der Waals surface area (Å²) in [7, 11) is 0. The van der Waals surface area contributed by atoms with Crippen LogP contribution in [0.1, 0.15) is 6.42 Å². The quantitative estimate of drug-likeness (QED) is 0.345. The number of nitro groups is 1. The molecule has 0 bridgehead atoms. The second-order valence-corrected chi connectivity index (χ2v) is 4.17. The summed E-state index contributed by atoms with van der Waals surface area (Å²) in [6.45, 7) is 0.196. The van der Waals surface area contributed by atoms with Crippen molar-refractivity contribution in [3.05, 3.63) is 34.4 Å². The molecule has 94 valence electrons. The van der Waals surface area contributed by atoms with E-state index in [-0.39, 0.29) is 23.8 Å². The minimum atomic E-state index is -1.76. The minimum absolute atomic E-state index is 0.0755. The van der Waals surface area contributed by atoms with Crippen LogP contribution in [0.4, 0.5) is 5.69 Å². The Morgan fingerprint density at radius 2 is 2.18 bits per heavy atom. The third kappa shape index (κ3) is 4.57. The molecule has 0 aliphatic carbocycles. The maximum absolute atomic E-state index is 11.5. The fraction of sp³-hybridized carbons (Fsp3) is 0.333. The Morgan fingerprint density at radius 3 is 2.82 bits per heavy atom. The molecule has 0 aliphatic heterocycles. The predicted molar refractivity (Wildman–Crippen MR) is 58.7 cm³/mol. The van der Waals surface area contributed by atoms with E-state index in [0.717, 1.165) is 0 Å². The molecule has 1 unspecified atom stereocenters. The molecule has 0 saturated heterocycles. The second kappa shape index (κ2) is 7.07. The van der Waals surface area contributed by atoms with E-state index in [9.17, 15) is 14.3 Å². The molecule has 1 atom stereocenters. The van der Waals surface area contributed by atoms with E-state index >= 15 is 0 Å². The zero-order valence-corrected chi connectivity index (χ0v) is 9.59. The van der Waals surface area contributed by atoms with Crippen molar-refractivity contribution in [3.8, 4) is 0 Å². The molecule has 1 N–H and O–H groups in total. The molecular formula is C9H11NO6S. The monoisotopic (exact) mass is 261 g/mol. The Balaban J connectivity index is 2.56. The summed E-state index contributed by atoms with van der Waals surface area (Å²) in [4.78, 5) is 14.0. The highest BCUT2D eigenvalue weighted by Crippen LogP contribution is 2.16. The van der Waals surface area contributed by atoms with Gasteiger partial charge in [-0.3, -0.25) is 19.6 Å². The molecule has 8 heteroatoms. The summed E-state index contributed by atoms with van der Waals surface area (Å²) in [5.41, 5.74) is -0.141. The molecule has 0 aromatic heterocycles. The van der Waals surface area contributed by atoms with Gasteiger partial charge in [0.05, 0.1) is 23.0 Å². The average Bonchev–Trinajstić information content (AvgIpc) is 2.34. The van der Waals surface area contributed by atoms with Gasteiger partial charge >= 0.3 is 0 Å². The van der Waals surface area contributed by atoms with Gasteiger partial charge in [-0.05, 0) is 12.5 Å². The van der Waals surface area contributed by atoms with Crippen LogP contribution in [0.2, 0.25) is 0 Å². The van der Waals surface area contributed by atoms with Crippen molar-refractivity contribution in [2.45, 2.75) is 11.3 Å². The second-order valence-electron chi connectivity index (χ2n) is 3.00. The van der Waals surface area contributed by atoms with E-state index in [1.165, 1.54) is 24.3 Å². The first kappa shape index (κ1) is 13.7. The Labute approximate surface area is 99.7 Å². The summed E-state index contributed by atoms with van der Waals surface area (Å²) in [6, 6.07) is 5.41. The average molecular weight is 261 g/mol. The molecule has 0 saturated carbocycles. The number of hydrogen-bond donors (Lipinski definition) is 1. The van der Waals surface area contributed by atoms with E-state index < -0.39 is 16.0 Å². The Hall–Kier alpha value is -1.35. The summed E-state index contributed by atoms with van der Waals surface area (Å²) in [5, 5.41) is 18.5. The molecule has 1 aromatic rings. The van der Waals surface area contributed by atoms with Gasteiger partial charge in [0, 0.05) is 12.1 Å². The van der Waals surface area contributed by atoms with Crippen molar-refractivity contribution in [1.82, 2.24) is 0 Å². The van der Waals surface area contributed by atoms with Gasteiger partial charge in [-0.25, -0.2) is 9.10 Å². The normalized spacial score (nSPS) is 12.3. The molecular weight excluding hydrogens is 250 g/mol. The number of hydrogen-bond acceptors (Lipinski definition) is 6. The van der Waals surface area contributed by atoms with E-state index in [4.69, 9.17) is 9.44 Å². The van der Waals surface area contributed by atoms with Crippen molar-refractivity contribution in [2.75, 3.05) is 13.2 Å². The smallest absolute Gasteiger partial charge is 0.270 e. The van der Waals surface area contributed by atoms with Crippen molar-refractivity contribution >= 4 is 16.8 Å². The van der Waals surface area contributed by atoms with Crippen LogP contribution in [-0.4, -0.2) is 27.6 Å². The minimum Gasteiger partial charge on any atom is -0.287 e. The van der Waals surface area contributed by atoms with Gasteiger partial charge in [0.15, 0.2) is 11.1 Å². The molecule has 7 nitrogen and oxygen atoms in total. The first-order valence-electron chi connectivity index (χ1n) is 4.71. The number of nitro benzene ring substituents is 1. The van der Waals surface area contributed by atoms with E-state index in [2.05, 4.69) is 4.89 Å². The van der Waals surface area contributed by atoms with Gasteiger partial charge in [0.1, 0.15) is 0 Å². The lowest BCUT2D eigenvalue weighted by Crippen LogP contribution is -2.03. The van der Waals surface area contributed by atoms with Gasteiger partial charge in [-0.15, -0.1) is 0 Å². The number of nitrogens with zero attached hydrogens (tertiary/aromatic N) is 1. The summed E-state index contributed by atoms with van der Waals surface area (Å²) in [5.74, 6) is 0.